The number of likely N-dealkylation sites (tertiary alicyclic amines) is 1. The van der Waals surface area contributed by atoms with Gasteiger partial charge < -0.3 is 5.32 Å². The van der Waals surface area contributed by atoms with E-state index >= 15 is 0 Å². The number of benzene rings is 2. The van der Waals surface area contributed by atoms with E-state index in [9.17, 15) is 14.4 Å². The normalized spacial score (nSPS) is 27.0. The van der Waals surface area contributed by atoms with Crippen molar-refractivity contribution in [2.75, 3.05) is 5.32 Å². The average molecular weight is 479 g/mol. The standard InChI is InChI=1S/C25H23BrN2O3/c1-14-4-2-7-19(10-14)27-21(29)13-20(15-5-3-6-18(26)12-15)28-24(30)22-16-8-9-17(11-16)23(22)25(28)31/h2-10,12,16-17,20,22-23H,11,13H2,1H3,(H,27,29). The first kappa shape index (κ1) is 20.2. The van der Waals surface area contributed by atoms with Gasteiger partial charge in [-0.05, 0) is 60.6 Å². The predicted octanol–water partition coefficient (Wildman–Crippen LogP) is 4.63. The third kappa shape index (κ3) is 3.53. The maximum absolute atomic E-state index is 13.4. The first-order valence-electron chi connectivity index (χ1n) is 10.6. The van der Waals surface area contributed by atoms with E-state index in [1.165, 1.54) is 4.90 Å². The Morgan fingerprint density at radius 2 is 1.74 bits per heavy atom. The summed E-state index contributed by atoms with van der Waals surface area (Å²) in [7, 11) is 0. The first-order chi connectivity index (χ1) is 14.9. The molecule has 0 spiro atoms. The SMILES string of the molecule is Cc1cccc(NC(=O)CC(c2cccc(Br)c2)N2C(=O)C3C4C=CC(C4)C3C2=O)c1. The molecule has 2 bridgehead atoms. The van der Waals surface area contributed by atoms with Crippen LogP contribution in [0.25, 0.3) is 0 Å². The Kier molecular flexibility index (Phi) is 5.05. The van der Waals surface area contributed by atoms with Gasteiger partial charge in [-0.25, -0.2) is 0 Å². The van der Waals surface area contributed by atoms with Crippen molar-refractivity contribution in [2.45, 2.75) is 25.8 Å². The van der Waals surface area contributed by atoms with Crippen LogP contribution in [0.3, 0.4) is 0 Å². The molecule has 0 aromatic heterocycles. The van der Waals surface area contributed by atoms with Crippen LogP contribution in [0.4, 0.5) is 5.69 Å². The molecule has 1 aliphatic heterocycles. The highest BCUT2D eigenvalue weighted by Gasteiger charge is 2.60. The number of hydrogen-bond donors (Lipinski definition) is 1. The van der Waals surface area contributed by atoms with Gasteiger partial charge in [0.05, 0.1) is 24.3 Å². The molecule has 5 rings (SSSR count). The molecule has 2 aromatic rings. The van der Waals surface area contributed by atoms with Gasteiger partial charge in [-0.15, -0.1) is 0 Å². The molecule has 5 unspecified atom stereocenters. The summed E-state index contributed by atoms with van der Waals surface area (Å²) in [6.45, 7) is 1.96. The number of anilines is 1. The molecule has 1 N–H and O–H groups in total. The van der Waals surface area contributed by atoms with E-state index in [-0.39, 0.29) is 47.8 Å². The van der Waals surface area contributed by atoms with Crippen LogP contribution in [0, 0.1) is 30.6 Å². The van der Waals surface area contributed by atoms with Crippen molar-refractivity contribution in [3.05, 3.63) is 76.3 Å². The maximum atomic E-state index is 13.4. The van der Waals surface area contributed by atoms with E-state index in [1.54, 1.807) is 0 Å². The van der Waals surface area contributed by atoms with Gasteiger partial charge in [0.25, 0.3) is 0 Å². The zero-order chi connectivity index (χ0) is 21.7. The highest BCUT2D eigenvalue weighted by atomic mass is 79.9. The number of nitrogens with zero attached hydrogens (tertiary/aromatic N) is 1. The molecule has 1 heterocycles. The van der Waals surface area contributed by atoms with Crippen molar-refractivity contribution in [1.29, 1.82) is 0 Å². The van der Waals surface area contributed by atoms with Crippen LogP contribution in [-0.2, 0) is 14.4 Å². The van der Waals surface area contributed by atoms with Crippen LogP contribution in [0.2, 0.25) is 0 Å². The summed E-state index contributed by atoms with van der Waals surface area (Å²) in [6, 6.07) is 14.4. The fourth-order valence-corrected chi connectivity index (χ4v) is 5.83. The van der Waals surface area contributed by atoms with Crippen molar-refractivity contribution < 1.29 is 14.4 Å². The quantitative estimate of drug-likeness (QED) is 0.502. The van der Waals surface area contributed by atoms with E-state index < -0.39 is 6.04 Å². The monoisotopic (exact) mass is 478 g/mol. The molecule has 2 aliphatic carbocycles. The summed E-state index contributed by atoms with van der Waals surface area (Å²) in [5.41, 5.74) is 2.52. The van der Waals surface area contributed by atoms with Crippen molar-refractivity contribution in [2.24, 2.45) is 23.7 Å². The van der Waals surface area contributed by atoms with Gasteiger partial charge in [0, 0.05) is 10.2 Å². The lowest BCUT2D eigenvalue weighted by atomic mass is 9.85. The Hall–Kier alpha value is -2.73. The second kappa shape index (κ2) is 7.75. The number of allylic oxidation sites excluding steroid dienone is 2. The number of fused-ring (bicyclic) bond motifs is 5. The molecule has 0 radical (unpaired) electrons. The van der Waals surface area contributed by atoms with Gasteiger partial charge in [-0.3, -0.25) is 19.3 Å². The van der Waals surface area contributed by atoms with Crippen molar-refractivity contribution >= 4 is 39.3 Å². The van der Waals surface area contributed by atoms with E-state index in [2.05, 4.69) is 33.4 Å². The zero-order valence-electron chi connectivity index (χ0n) is 17.1. The largest absolute Gasteiger partial charge is 0.326 e. The number of carbonyl (C=O) groups excluding carboxylic acids is 3. The molecule has 3 aliphatic rings. The summed E-state index contributed by atoms with van der Waals surface area (Å²) in [4.78, 5) is 41.1. The number of halogens is 1. The van der Waals surface area contributed by atoms with Crippen LogP contribution >= 0.6 is 15.9 Å². The Morgan fingerprint density at radius 1 is 1.06 bits per heavy atom. The third-order valence-corrected chi connectivity index (χ3v) is 7.22. The summed E-state index contributed by atoms with van der Waals surface area (Å²) in [5, 5.41) is 2.92. The maximum Gasteiger partial charge on any atom is 0.234 e. The van der Waals surface area contributed by atoms with Crippen LogP contribution in [0.1, 0.15) is 30.0 Å². The minimum absolute atomic E-state index is 0.0179. The molecule has 3 amide bonds. The van der Waals surface area contributed by atoms with E-state index in [4.69, 9.17) is 0 Å². The Labute approximate surface area is 189 Å². The van der Waals surface area contributed by atoms with E-state index in [1.807, 2.05) is 55.5 Å². The minimum atomic E-state index is -0.632. The van der Waals surface area contributed by atoms with Gasteiger partial charge >= 0.3 is 0 Å². The average Bonchev–Trinajstić information content (AvgIpc) is 3.40. The fraction of sp³-hybridized carbons (Fsp3) is 0.320. The fourth-order valence-electron chi connectivity index (χ4n) is 5.42. The summed E-state index contributed by atoms with van der Waals surface area (Å²) in [5.74, 6) is -0.787. The molecular weight excluding hydrogens is 456 g/mol. The van der Waals surface area contributed by atoms with Crippen molar-refractivity contribution in [3.8, 4) is 0 Å². The lowest BCUT2D eigenvalue weighted by Gasteiger charge is -2.28. The molecule has 5 nitrogen and oxygen atoms in total. The minimum Gasteiger partial charge on any atom is -0.326 e. The van der Waals surface area contributed by atoms with Gasteiger partial charge in [-0.1, -0.05) is 52.3 Å². The summed E-state index contributed by atoms with van der Waals surface area (Å²) < 4.78 is 0.843. The van der Waals surface area contributed by atoms with Gasteiger partial charge in [0.2, 0.25) is 17.7 Å². The van der Waals surface area contributed by atoms with Crippen LogP contribution in [0.15, 0.2) is 65.2 Å². The highest BCUT2D eigenvalue weighted by molar-refractivity contribution is 9.10. The lowest BCUT2D eigenvalue weighted by molar-refractivity contribution is -0.144. The number of carbonyl (C=O) groups is 3. The number of aryl methyl sites for hydroxylation is 1. The number of nitrogens with one attached hydrogen (secondary N) is 1. The summed E-state index contributed by atoms with van der Waals surface area (Å²) >= 11 is 3.48. The predicted molar refractivity (Wildman–Crippen MR) is 121 cm³/mol. The van der Waals surface area contributed by atoms with E-state index in [0.717, 1.165) is 22.0 Å². The van der Waals surface area contributed by atoms with Crippen molar-refractivity contribution in [1.82, 2.24) is 4.90 Å². The molecule has 5 atom stereocenters. The van der Waals surface area contributed by atoms with Crippen LogP contribution in [-0.4, -0.2) is 22.6 Å². The Bertz CT molecular complexity index is 1080. The summed E-state index contributed by atoms with van der Waals surface area (Å²) in [6.07, 6.45) is 5.07. The van der Waals surface area contributed by atoms with Gasteiger partial charge in [0.15, 0.2) is 0 Å². The van der Waals surface area contributed by atoms with Crippen LogP contribution in [0.5, 0.6) is 0 Å². The number of amides is 3. The second-order valence-corrected chi connectivity index (χ2v) is 9.65. The Morgan fingerprint density at radius 3 is 2.39 bits per heavy atom. The molecule has 6 heteroatoms. The topological polar surface area (TPSA) is 66.5 Å². The molecular formula is C25H23BrN2O3. The number of hydrogen-bond acceptors (Lipinski definition) is 3. The molecule has 2 fully saturated rings. The smallest absolute Gasteiger partial charge is 0.234 e. The molecule has 2 aromatic carbocycles. The van der Waals surface area contributed by atoms with Gasteiger partial charge in [0.1, 0.15) is 0 Å². The Balaban J connectivity index is 1.45. The zero-order valence-corrected chi connectivity index (χ0v) is 18.7. The highest BCUT2D eigenvalue weighted by Crippen LogP contribution is 2.54. The van der Waals surface area contributed by atoms with Gasteiger partial charge in [-0.2, -0.15) is 0 Å². The molecule has 31 heavy (non-hydrogen) atoms. The molecule has 158 valence electrons. The number of imide groups is 1. The van der Waals surface area contributed by atoms with Crippen molar-refractivity contribution in [3.63, 3.8) is 0 Å². The van der Waals surface area contributed by atoms with E-state index in [0.29, 0.717) is 5.69 Å². The third-order valence-electron chi connectivity index (χ3n) is 6.73. The second-order valence-electron chi connectivity index (χ2n) is 8.74. The molecule has 1 saturated carbocycles. The number of rotatable bonds is 5. The first-order valence-corrected chi connectivity index (χ1v) is 11.4. The lowest BCUT2D eigenvalue weighted by Crippen LogP contribution is -2.38. The van der Waals surface area contributed by atoms with Crippen LogP contribution < -0.4 is 5.32 Å². The molecule has 1 saturated heterocycles.